The van der Waals surface area contributed by atoms with E-state index < -0.39 is 0 Å². The molecular formula is C13H18FNO2. The van der Waals surface area contributed by atoms with Crippen LogP contribution in [0.15, 0.2) is 24.3 Å². The number of hydrogen-bond acceptors (Lipinski definition) is 2. The molecule has 0 aromatic heterocycles. The predicted molar refractivity (Wildman–Crippen MR) is 63.7 cm³/mol. The van der Waals surface area contributed by atoms with Gasteiger partial charge in [-0.25, -0.2) is 4.39 Å². The number of nitrogens with zero attached hydrogens (tertiary/aromatic N) is 1. The highest BCUT2D eigenvalue weighted by Crippen LogP contribution is 2.09. The maximum Gasteiger partial charge on any atom is 0.225 e. The Balaban J connectivity index is 2.72. The van der Waals surface area contributed by atoms with Gasteiger partial charge in [0.1, 0.15) is 5.82 Å². The molecule has 0 heterocycles. The molecule has 0 saturated heterocycles. The second-order valence-corrected chi connectivity index (χ2v) is 4.26. The topological polar surface area (TPSA) is 40.5 Å². The average molecular weight is 239 g/mol. The fraction of sp³-hybridized carbons (Fsp3) is 0.462. The Morgan fingerprint density at radius 1 is 1.35 bits per heavy atom. The Kier molecular flexibility index (Phi) is 5.10. The van der Waals surface area contributed by atoms with Crippen LogP contribution in [0.4, 0.5) is 4.39 Å². The fourth-order valence-corrected chi connectivity index (χ4v) is 1.56. The molecule has 0 aliphatic heterocycles. The maximum absolute atomic E-state index is 12.7. The van der Waals surface area contributed by atoms with Crippen molar-refractivity contribution < 1.29 is 14.3 Å². The standard InChI is InChI=1S/C13H18FNO2/c1-10(2)13(17)15(7-8-16)9-11-3-5-12(14)6-4-11/h3-6,10,16H,7-9H2,1-2H3. The molecule has 4 heteroatoms. The van der Waals surface area contributed by atoms with Crippen molar-refractivity contribution >= 4 is 5.91 Å². The van der Waals surface area contributed by atoms with Gasteiger partial charge < -0.3 is 10.0 Å². The molecule has 3 nitrogen and oxygen atoms in total. The second-order valence-electron chi connectivity index (χ2n) is 4.26. The lowest BCUT2D eigenvalue weighted by Crippen LogP contribution is -2.35. The summed E-state index contributed by atoms with van der Waals surface area (Å²) in [6.45, 7) is 4.26. The number of aliphatic hydroxyl groups excluding tert-OH is 1. The Labute approximate surface area is 101 Å². The first-order valence-corrected chi connectivity index (χ1v) is 5.68. The van der Waals surface area contributed by atoms with E-state index in [4.69, 9.17) is 5.11 Å². The molecule has 17 heavy (non-hydrogen) atoms. The summed E-state index contributed by atoms with van der Waals surface area (Å²) in [5, 5.41) is 8.94. The zero-order chi connectivity index (χ0) is 12.8. The summed E-state index contributed by atoms with van der Waals surface area (Å²) in [5.74, 6) is -0.414. The van der Waals surface area contributed by atoms with E-state index in [2.05, 4.69) is 0 Å². The van der Waals surface area contributed by atoms with Crippen LogP contribution in [0.3, 0.4) is 0 Å². The van der Waals surface area contributed by atoms with Crippen LogP contribution < -0.4 is 0 Å². The van der Waals surface area contributed by atoms with Crippen LogP contribution >= 0.6 is 0 Å². The van der Waals surface area contributed by atoms with Crippen molar-refractivity contribution in [2.45, 2.75) is 20.4 Å². The number of carbonyl (C=O) groups is 1. The van der Waals surface area contributed by atoms with Crippen molar-refractivity contribution in [3.05, 3.63) is 35.6 Å². The summed E-state index contributed by atoms with van der Waals surface area (Å²) in [7, 11) is 0. The molecule has 0 atom stereocenters. The predicted octanol–water partition coefficient (Wildman–Crippen LogP) is 1.80. The zero-order valence-electron chi connectivity index (χ0n) is 10.2. The van der Waals surface area contributed by atoms with E-state index in [-0.39, 0.29) is 24.2 Å². The molecule has 1 aromatic carbocycles. The smallest absolute Gasteiger partial charge is 0.225 e. The molecule has 1 aromatic rings. The van der Waals surface area contributed by atoms with Gasteiger partial charge in [-0.1, -0.05) is 26.0 Å². The molecular weight excluding hydrogens is 221 g/mol. The van der Waals surface area contributed by atoms with Crippen molar-refractivity contribution in [3.8, 4) is 0 Å². The summed E-state index contributed by atoms with van der Waals surface area (Å²) in [6.07, 6.45) is 0. The Morgan fingerprint density at radius 3 is 2.41 bits per heavy atom. The van der Waals surface area contributed by atoms with Crippen LogP contribution in [0.2, 0.25) is 0 Å². The molecule has 94 valence electrons. The third-order valence-corrected chi connectivity index (χ3v) is 2.46. The van der Waals surface area contributed by atoms with Crippen molar-refractivity contribution in [2.75, 3.05) is 13.2 Å². The normalized spacial score (nSPS) is 10.6. The van der Waals surface area contributed by atoms with Gasteiger partial charge in [0.25, 0.3) is 0 Å². The van der Waals surface area contributed by atoms with Gasteiger partial charge >= 0.3 is 0 Å². The molecule has 1 N–H and O–H groups in total. The van der Waals surface area contributed by atoms with E-state index in [0.717, 1.165) is 5.56 Å². The molecule has 0 aliphatic rings. The van der Waals surface area contributed by atoms with Crippen molar-refractivity contribution in [1.82, 2.24) is 4.90 Å². The number of rotatable bonds is 5. The van der Waals surface area contributed by atoms with Gasteiger partial charge in [-0.15, -0.1) is 0 Å². The lowest BCUT2D eigenvalue weighted by molar-refractivity contribution is -0.135. The third kappa shape index (κ3) is 4.15. The van der Waals surface area contributed by atoms with Gasteiger partial charge in [0.15, 0.2) is 0 Å². The fourth-order valence-electron chi connectivity index (χ4n) is 1.56. The van der Waals surface area contributed by atoms with Crippen LogP contribution in [0.25, 0.3) is 0 Å². The zero-order valence-corrected chi connectivity index (χ0v) is 10.2. The van der Waals surface area contributed by atoms with Crippen molar-refractivity contribution in [2.24, 2.45) is 5.92 Å². The number of amides is 1. The first-order chi connectivity index (χ1) is 8.04. The van der Waals surface area contributed by atoms with Crippen molar-refractivity contribution in [1.29, 1.82) is 0 Å². The highest BCUT2D eigenvalue weighted by Gasteiger charge is 2.16. The van der Waals surface area contributed by atoms with E-state index in [1.807, 2.05) is 13.8 Å². The van der Waals surface area contributed by atoms with Crippen LogP contribution in [-0.4, -0.2) is 29.1 Å². The summed E-state index contributed by atoms with van der Waals surface area (Å²) in [4.78, 5) is 13.4. The molecule has 0 bridgehead atoms. The minimum absolute atomic E-state index is 0.0108. The first kappa shape index (κ1) is 13.6. The minimum Gasteiger partial charge on any atom is -0.395 e. The molecule has 0 spiro atoms. The summed E-state index contributed by atoms with van der Waals surface area (Å²) in [6, 6.07) is 6.03. The number of aliphatic hydroxyl groups is 1. The van der Waals surface area contributed by atoms with Crippen molar-refractivity contribution in [3.63, 3.8) is 0 Å². The molecule has 0 unspecified atom stereocenters. The van der Waals surface area contributed by atoms with Gasteiger partial charge in [0, 0.05) is 19.0 Å². The van der Waals surface area contributed by atoms with Gasteiger partial charge in [-0.2, -0.15) is 0 Å². The van der Waals surface area contributed by atoms with Gasteiger partial charge in [-0.3, -0.25) is 4.79 Å². The minimum atomic E-state index is -0.294. The average Bonchev–Trinajstić information content (AvgIpc) is 2.30. The number of benzene rings is 1. The largest absolute Gasteiger partial charge is 0.395 e. The number of carbonyl (C=O) groups excluding carboxylic acids is 1. The highest BCUT2D eigenvalue weighted by molar-refractivity contribution is 5.78. The van der Waals surface area contributed by atoms with E-state index in [9.17, 15) is 9.18 Å². The maximum atomic E-state index is 12.7. The van der Waals surface area contributed by atoms with Crippen LogP contribution in [0.1, 0.15) is 19.4 Å². The van der Waals surface area contributed by atoms with E-state index in [1.165, 1.54) is 12.1 Å². The van der Waals surface area contributed by atoms with Gasteiger partial charge in [-0.05, 0) is 17.7 Å². The van der Waals surface area contributed by atoms with Gasteiger partial charge in [0.2, 0.25) is 5.91 Å². The quantitative estimate of drug-likeness (QED) is 0.851. The molecule has 0 radical (unpaired) electrons. The summed E-state index contributed by atoms with van der Waals surface area (Å²) < 4.78 is 12.7. The lowest BCUT2D eigenvalue weighted by Gasteiger charge is -2.23. The lowest BCUT2D eigenvalue weighted by atomic mass is 10.1. The van der Waals surface area contributed by atoms with E-state index >= 15 is 0 Å². The van der Waals surface area contributed by atoms with Crippen LogP contribution in [0.5, 0.6) is 0 Å². The van der Waals surface area contributed by atoms with E-state index in [1.54, 1.807) is 17.0 Å². The Hall–Kier alpha value is -1.42. The number of halogens is 1. The molecule has 1 rings (SSSR count). The Morgan fingerprint density at radius 2 is 1.94 bits per heavy atom. The molecule has 0 saturated carbocycles. The third-order valence-electron chi connectivity index (χ3n) is 2.46. The first-order valence-electron chi connectivity index (χ1n) is 5.68. The highest BCUT2D eigenvalue weighted by atomic mass is 19.1. The molecule has 1 amide bonds. The summed E-state index contributed by atoms with van der Waals surface area (Å²) >= 11 is 0. The second kappa shape index (κ2) is 6.35. The monoisotopic (exact) mass is 239 g/mol. The van der Waals surface area contributed by atoms with Gasteiger partial charge in [0.05, 0.1) is 6.61 Å². The van der Waals surface area contributed by atoms with Crippen LogP contribution in [-0.2, 0) is 11.3 Å². The van der Waals surface area contributed by atoms with Crippen LogP contribution in [0, 0.1) is 11.7 Å². The number of hydrogen-bond donors (Lipinski definition) is 1. The SMILES string of the molecule is CC(C)C(=O)N(CCO)Cc1ccc(F)cc1. The Bertz CT molecular complexity index is 362. The molecule has 0 fully saturated rings. The molecule has 0 aliphatic carbocycles. The summed E-state index contributed by atoms with van der Waals surface area (Å²) in [5.41, 5.74) is 0.855. The van der Waals surface area contributed by atoms with E-state index in [0.29, 0.717) is 13.1 Å².